The molecule has 13 heteroatoms. The van der Waals surface area contributed by atoms with Crippen LogP contribution in [0.3, 0.4) is 0 Å². The van der Waals surface area contributed by atoms with Crippen LogP contribution in [0.1, 0.15) is 16.7 Å². The van der Waals surface area contributed by atoms with Crippen LogP contribution in [0, 0.1) is 21.7 Å². The van der Waals surface area contributed by atoms with Crippen molar-refractivity contribution in [2.45, 2.75) is 13.1 Å². The van der Waals surface area contributed by atoms with Gasteiger partial charge >= 0.3 is 5.69 Å². The molecule has 0 fully saturated rings. The second-order valence-electron chi connectivity index (χ2n) is 7.61. The van der Waals surface area contributed by atoms with E-state index in [-0.39, 0.29) is 35.0 Å². The number of para-hydroxylation sites is 1. The molecule has 3 aromatic carbocycles. The van der Waals surface area contributed by atoms with Crippen molar-refractivity contribution in [3.8, 4) is 5.75 Å². The van der Waals surface area contributed by atoms with Gasteiger partial charge in [-0.15, -0.1) is 0 Å². The number of phenolic OH excluding ortho intramolecular Hbond substituents is 1. The molecule has 0 radical (unpaired) electrons. The second-order valence-corrected chi connectivity index (χ2v) is 7.61. The van der Waals surface area contributed by atoms with Crippen LogP contribution in [0.15, 0.2) is 71.8 Å². The molecule has 0 aliphatic carbocycles. The average Bonchev–Trinajstić information content (AvgIpc) is 2.89. The molecule has 4 rings (SSSR count). The van der Waals surface area contributed by atoms with E-state index in [2.05, 4.69) is 36.1 Å². The van der Waals surface area contributed by atoms with E-state index in [0.717, 1.165) is 11.1 Å². The molecule has 0 aliphatic heterocycles. The Morgan fingerprint density at radius 3 is 1.86 bits per heavy atom. The fourth-order valence-electron chi connectivity index (χ4n) is 3.11. The molecule has 4 aromatic rings. The van der Waals surface area contributed by atoms with Gasteiger partial charge in [0.25, 0.3) is 0 Å². The largest absolute Gasteiger partial charge is 0.502 e. The molecule has 1 heterocycles. The molecule has 1 aromatic heterocycles. The van der Waals surface area contributed by atoms with Crippen LogP contribution in [0.4, 0.5) is 32.3 Å². The van der Waals surface area contributed by atoms with Gasteiger partial charge in [-0.25, -0.2) is 14.2 Å². The number of benzene rings is 3. The minimum absolute atomic E-state index is 0.0272. The van der Waals surface area contributed by atoms with Gasteiger partial charge < -0.3 is 15.7 Å². The molecule has 188 valence electrons. The standard InChI is InChI=1S/C24H20F2N8O3/c25-18-8-4-15(5-9-18)12-27-22-30-23(28-13-16-6-10-19(26)11-7-16)32-24(31-22)33-29-14-17-2-1-3-20(21(17)35)34(36)37/h1-11,14,35H,12-13H2,(H3,27,28,30,31,32,33)/b29-14+. The SMILES string of the molecule is O=[N+]([O-])c1cccc(/C=N/Nc2nc(NCc3ccc(F)cc3)nc(NCc3ccc(F)cc3)n2)c1O. The first-order chi connectivity index (χ1) is 17.9. The lowest BCUT2D eigenvalue weighted by molar-refractivity contribution is -0.385. The highest BCUT2D eigenvalue weighted by Crippen LogP contribution is 2.28. The third-order valence-corrected chi connectivity index (χ3v) is 4.97. The molecule has 0 amide bonds. The first-order valence-corrected chi connectivity index (χ1v) is 10.9. The normalized spacial score (nSPS) is 10.9. The van der Waals surface area contributed by atoms with Crippen LogP contribution in [-0.4, -0.2) is 31.2 Å². The van der Waals surface area contributed by atoms with E-state index in [0.29, 0.717) is 13.1 Å². The van der Waals surface area contributed by atoms with Gasteiger partial charge in [0.05, 0.1) is 11.1 Å². The van der Waals surface area contributed by atoms with Crippen LogP contribution in [0.25, 0.3) is 0 Å². The van der Waals surface area contributed by atoms with E-state index in [1.165, 1.54) is 48.7 Å². The lowest BCUT2D eigenvalue weighted by Crippen LogP contribution is -2.11. The van der Waals surface area contributed by atoms with Crippen LogP contribution in [0.5, 0.6) is 5.75 Å². The highest BCUT2D eigenvalue weighted by molar-refractivity contribution is 5.85. The summed E-state index contributed by atoms with van der Waals surface area (Å²) in [6.07, 6.45) is 1.18. The number of anilines is 3. The minimum Gasteiger partial charge on any atom is -0.502 e. The fraction of sp³-hybridized carbons (Fsp3) is 0.0833. The first kappa shape index (κ1) is 24.9. The Morgan fingerprint density at radius 2 is 1.35 bits per heavy atom. The fourth-order valence-corrected chi connectivity index (χ4v) is 3.11. The Morgan fingerprint density at radius 1 is 0.838 bits per heavy atom. The van der Waals surface area contributed by atoms with Crippen molar-refractivity contribution in [2.24, 2.45) is 5.10 Å². The molecule has 11 nitrogen and oxygen atoms in total. The molecule has 0 saturated heterocycles. The zero-order valence-electron chi connectivity index (χ0n) is 19.1. The quantitative estimate of drug-likeness (QED) is 0.139. The molecule has 0 bridgehead atoms. The summed E-state index contributed by atoms with van der Waals surface area (Å²) >= 11 is 0. The highest BCUT2D eigenvalue weighted by atomic mass is 19.1. The number of nitro groups is 1. The van der Waals surface area contributed by atoms with Gasteiger partial charge in [0.2, 0.25) is 23.6 Å². The van der Waals surface area contributed by atoms with Crippen molar-refractivity contribution in [1.82, 2.24) is 15.0 Å². The van der Waals surface area contributed by atoms with E-state index in [1.54, 1.807) is 24.3 Å². The Kier molecular flexibility index (Phi) is 7.73. The maximum atomic E-state index is 13.2. The number of hydrogen-bond donors (Lipinski definition) is 4. The van der Waals surface area contributed by atoms with Gasteiger partial charge in [-0.1, -0.05) is 30.3 Å². The van der Waals surface area contributed by atoms with Crippen LogP contribution in [0.2, 0.25) is 0 Å². The van der Waals surface area contributed by atoms with Gasteiger partial charge in [-0.2, -0.15) is 20.1 Å². The Bertz CT molecular complexity index is 1350. The van der Waals surface area contributed by atoms with Gasteiger partial charge in [0, 0.05) is 24.7 Å². The summed E-state index contributed by atoms with van der Waals surface area (Å²) in [4.78, 5) is 23.1. The summed E-state index contributed by atoms with van der Waals surface area (Å²) in [6.45, 7) is 0.595. The van der Waals surface area contributed by atoms with Crippen molar-refractivity contribution in [3.63, 3.8) is 0 Å². The Labute approximate surface area is 209 Å². The summed E-state index contributed by atoms with van der Waals surface area (Å²) in [6, 6.07) is 15.9. The lowest BCUT2D eigenvalue weighted by atomic mass is 10.2. The number of nitrogens with zero attached hydrogens (tertiary/aromatic N) is 5. The molecule has 0 aliphatic rings. The Hall–Kier alpha value is -5.20. The van der Waals surface area contributed by atoms with Crippen molar-refractivity contribution in [1.29, 1.82) is 0 Å². The summed E-state index contributed by atoms with van der Waals surface area (Å²) in [7, 11) is 0. The summed E-state index contributed by atoms with van der Waals surface area (Å²) in [5.41, 5.74) is 3.84. The maximum Gasteiger partial charge on any atom is 0.311 e. The predicted molar refractivity (Wildman–Crippen MR) is 133 cm³/mol. The van der Waals surface area contributed by atoms with Crippen molar-refractivity contribution < 1.29 is 18.8 Å². The van der Waals surface area contributed by atoms with Gasteiger partial charge in [0.15, 0.2) is 0 Å². The van der Waals surface area contributed by atoms with Gasteiger partial charge in [-0.3, -0.25) is 10.1 Å². The second kappa shape index (κ2) is 11.5. The van der Waals surface area contributed by atoms with Crippen LogP contribution in [-0.2, 0) is 13.1 Å². The molecule has 0 saturated carbocycles. The lowest BCUT2D eigenvalue weighted by Gasteiger charge is -2.10. The molecular formula is C24H20F2N8O3. The summed E-state index contributed by atoms with van der Waals surface area (Å²) in [5, 5.41) is 31.1. The number of nitrogens with one attached hydrogen (secondary N) is 3. The van der Waals surface area contributed by atoms with E-state index >= 15 is 0 Å². The number of hydrazone groups is 1. The van der Waals surface area contributed by atoms with E-state index in [9.17, 15) is 24.0 Å². The molecule has 4 N–H and O–H groups in total. The third kappa shape index (κ3) is 6.91. The molecule has 0 atom stereocenters. The monoisotopic (exact) mass is 506 g/mol. The molecule has 0 unspecified atom stereocenters. The van der Waals surface area contributed by atoms with Crippen molar-refractivity contribution >= 4 is 29.7 Å². The van der Waals surface area contributed by atoms with Gasteiger partial charge in [-0.05, 0) is 41.5 Å². The highest BCUT2D eigenvalue weighted by Gasteiger charge is 2.15. The van der Waals surface area contributed by atoms with Crippen LogP contribution >= 0.6 is 0 Å². The van der Waals surface area contributed by atoms with E-state index in [1.807, 2.05) is 0 Å². The number of hydrogen-bond acceptors (Lipinski definition) is 10. The summed E-state index contributed by atoms with van der Waals surface area (Å²) in [5.74, 6) is -0.851. The predicted octanol–water partition coefficient (Wildman–Crippen LogP) is 4.43. The number of halogens is 2. The number of aromatic hydroxyl groups is 1. The van der Waals surface area contributed by atoms with Crippen LogP contribution < -0.4 is 16.1 Å². The smallest absolute Gasteiger partial charge is 0.311 e. The van der Waals surface area contributed by atoms with Crippen molar-refractivity contribution in [2.75, 3.05) is 16.1 Å². The number of nitro benzene ring substituents is 1. The zero-order valence-corrected chi connectivity index (χ0v) is 19.1. The van der Waals surface area contributed by atoms with E-state index in [4.69, 9.17) is 0 Å². The maximum absolute atomic E-state index is 13.2. The minimum atomic E-state index is -0.704. The number of phenols is 1. The average molecular weight is 506 g/mol. The third-order valence-electron chi connectivity index (χ3n) is 4.97. The first-order valence-electron chi connectivity index (χ1n) is 10.9. The Balaban J connectivity index is 1.52. The molecule has 37 heavy (non-hydrogen) atoms. The number of rotatable bonds is 10. The summed E-state index contributed by atoms with van der Waals surface area (Å²) < 4.78 is 26.4. The zero-order chi connectivity index (χ0) is 26.2. The number of aromatic nitrogens is 3. The molecular weight excluding hydrogens is 486 g/mol. The van der Waals surface area contributed by atoms with Crippen molar-refractivity contribution in [3.05, 3.63) is 105 Å². The topological polar surface area (TPSA) is 150 Å². The van der Waals surface area contributed by atoms with E-state index < -0.39 is 16.4 Å². The van der Waals surface area contributed by atoms with Gasteiger partial charge in [0.1, 0.15) is 11.6 Å². The molecule has 0 spiro atoms.